The Bertz CT molecular complexity index is 413. The molecule has 3 heteroatoms. The van der Waals surface area contributed by atoms with Gasteiger partial charge in [0.1, 0.15) is 0 Å². The molecule has 1 saturated carbocycles. The summed E-state index contributed by atoms with van der Waals surface area (Å²) in [6.45, 7) is 5.92. The van der Waals surface area contributed by atoms with Crippen molar-refractivity contribution in [2.75, 3.05) is 6.54 Å². The molecule has 0 unspecified atom stereocenters. The molecule has 0 saturated heterocycles. The van der Waals surface area contributed by atoms with Gasteiger partial charge in [-0.3, -0.25) is 0 Å². The molecule has 1 aromatic carbocycles. The van der Waals surface area contributed by atoms with Crippen LogP contribution in [0.4, 0.5) is 0 Å². The lowest BCUT2D eigenvalue weighted by Crippen LogP contribution is -2.46. The van der Waals surface area contributed by atoms with Crippen molar-refractivity contribution in [3.05, 3.63) is 34.9 Å². The minimum absolute atomic E-state index is 0.0122. The number of hydrogen-bond acceptors (Lipinski definition) is 2. The van der Waals surface area contributed by atoms with Gasteiger partial charge in [-0.2, -0.15) is 0 Å². The molecule has 0 atom stereocenters. The van der Waals surface area contributed by atoms with Gasteiger partial charge in [-0.05, 0) is 24.5 Å². The fraction of sp³-hybridized carbons (Fsp3) is 0.647. The number of benzene rings is 1. The highest BCUT2D eigenvalue weighted by atomic mass is 35.5. The Hall–Kier alpha value is -0.570. The van der Waals surface area contributed by atoms with Crippen LogP contribution < -0.4 is 5.32 Å². The van der Waals surface area contributed by atoms with Crippen LogP contribution in [-0.4, -0.2) is 18.2 Å². The smallest absolute Gasteiger partial charge is 0.0810 e. The molecule has 112 valence electrons. The predicted octanol–water partition coefficient (Wildman–Crippen LogP) is 4.56. The van der Waals surface area contributed by atoms with Crippen LogP contribution in [0.15, 0.2) is 24.3 Å². The van der Waals surface area contributed by atoms with Crippen LogP contribution >= 0.6 is 11.6 Å². The van der Waals surface area contributed by atoms with Crippen molar-refractivity contribution in [1.82, 2.24) is 5.32 Å². The summed E-state index contributed by atoms with van der Waals surface area (Å²) in [5, 5.41) is 4.35. The zero-order chi connectivity index (χ0) is 14.4. The molecule has 1 aliphatic carbocycles. The van der Waals surface area contributed by atoms with Crippen molar-refractivity contribution in [1.29, 1.82) is 0 Å². The largest absolute Gasteiger partial charge is 0.369 e. The number of halogens is 1. The predicted molar refractivity (Wildman–Crippen MR) is 85.2 cm³/mol. The number of ether oxygens (including phenoxy) is 1. The maximum atomic E-state index is 6.34. The summed E-state index contributed by atoms with van der Waals surface area (Å²) < 4.78 is 6.34. The van der Waals surface area contributed by atoms with Crippen molar-refractivity contribution in [3.63, 3.8) is 0 Å². The van der Waals surface area contributed by atoms with Crippen LogP contribution in [0, 0.1) is 0 Å². The molecule has 1 fully saturated rings. The Balaban J connectivity index is 1.98. The van der Waals surface area contributed by atoms with Gasteiger partial charge in [0.2, 0.25) is 0 Å². The Kier molecular flexibility index (Phi) is 5.88. The summed E-state index contributed by atoms with van der Waals surface area (Å²) in [5.41, 5.74) is 1.07. The second-order valence-corrected chi connectivity index (χ2v) is 6.57. The second-order valence-electron chi connectivity index (χ2n) is 6.16. The monoisotopic (exact) mass is 295 g/mol. The fourth-order valence-corrected chi connectivity index (χ4v) is 2.99. The third-order valence-corrected chi connectivity index (χ3v) is 4.46. The molecule has 2 nitrogen and oxygen atoms in total. The molecule has 20 heavy (non-hydrogen) atoms. The van der Waals surface area contributed by atoms with Crippen LogP contribution in [0.5, 0.6) is 0 Å². The van der Waals surface area contributed by atoms with Crippen molar-refractivity contribution in [2.45, 2.75) is 64.2 Å². The van der Waals surface area contributed by atoms with Crippen molar-refractivity contribution in [2.24, 2.45) is 0 Å². The second kappa shape index (κ2) is 7.44. The number of rotatable bonds is 6. The average molecular weight is 296 g/mol. The molecule has 0 aliphatic heterocycles. The molecule has 0 heterocycles. The van der Waals surface area contributed by atoms with Gasteiger partial charge in [0, 0.05) is 17.6 Å². The Morgan fingerprint density at radius 2 is 1.90 bits per heavy atom. The SMILES string of the molecule is CC(C)NCC1(OCc2ccccc2Cl)CCCCC1. The van der Waals surface area contributed by atoms with E-state index in [4.69, 9.17) is 16.3 Å². The highest BCUT2D eigenvalue weighted by Gasteiger charge is 2.33. The summed E-state index contributed by atoms with van der Waals surface area (Å²) in [5.74, 6) is 0. The normalized spacial score (nSPS) is 18.4. The highest BCUT2D eigenvalue weighted by molar-refractivity contribution is 6.31. The summed E-state index contributed by atoms with van der Waals surface area (Å²) in [6, 6.07) is 8.46. The van der Waals surface area contributed by atoms with Crippen LogP contribution in [-0.2, 0) is 11.3 Å². The topological polar surface area (TPSA) is 21.3 Å². The average Bonchev–Trinajstić information content (AvgIpc) is 2.46. The van der Waals surface area contributed by atoms with Crippen LogP contribution in [0.2, 0.25) is 5.02 Å². The Labute approximate surface area is 127 Å². The van der Waals surface area contributed by atoms with Crippen molar-refractivity contribution >= 4 is 11.6 Å². The first-order valence-corrected chi connectivity index (χ1v) is 8.10. The molecule has 2 rings (SSSR count). The third-order valence-electron chi connectivity index (χ3n) is 4.09. The van der Waals surface area contributed by atoms with Gasteiger partial charge in [0.05, 0.1) is 12.2 Å². The Morgan fingerprint density at radius 3 is 2.55 bits per heavy atom. The molecule has 1 aromatic rings. The van der Waals surface area contributed by atoms with Crippen LogP contribution in [0.25, 0.3) is 0 Å². The lowest BCUT2D eigenvalue weighted by Gasteiger charge is -2.38. The molecule has 0 spiro atoms. The molecular weight excluding hydrogens is 270 g/mol. The summed E-state index contributed by atoms with van der Waals surface area (Å²) in [7, 11) is 0. The van der Waals surface area contributed by atoms with E-state index in [2.05, 4.69) is 25.2 Å². The van der Waals surface area contributed by atoms with Gasteiger partial charge in [-0.15, -0.1) is 0 Å². The van der Waals surface area contributed by atoms with Gasteiger partial charge in [0.25, 0.3) is 0 Å². The number of hydrogen-bond donors (Lipinski definition) is 1. The van der Waals surface area contributed by atoms with Gasteiger partial charge >= 0.3 is 0 Å². The van der Waals surface area contributed by atoms with Crippen molar-refractivity contribution < 1.29 is 4.74 Å². The maximum absolute atomic E-state index is 6.34. The first kappa shape index (κ1) is 15.8. The molecule has 0 aromatic heterocycles. The standard InChI is InChI=1S/C17H26ClNO/c1-14(2)19-13-17(10-6-3-7-11-17)20-12-15-8-4-5-9-16(15)18/h4-5,8-9,14,19H,3,6-7,10-13H2,1-2H3. The van der Waals surface area contributed by atoms with Crippen LogP contribution in [0.1, 0.15) is 51.5 Å². The van der Waals surface area contributed by atoms with E-state index in [-0.39, 0.29) is 5.60 Å². The summed E-state index contributed by atoms with van der Waals surface area (Å²) in [4.78, 5) is 0. The minimum atomic E-state index is -0.0122. The van der Waals surface area contributed by atoms with Gasteiger partial charge in [-0.1, -0.05) is 62.9 Å². The summed E-state index contributed by atoms with van der Waals surface area (Å²) in [6.07, 6.45) is 6.16. The van der Waals surface area contributed by atoms with E-state index < -0.39 is 0 Å². The van der Waals surface area contributed by atoms with E-state index in [1.54, 1.807) is 0 Å². The number of nitrogens with one attached hydrogen (secondary N) is 1. The fourth-order valence-electron chi connectivity index (χ4n) is 2.80. The van der Waals surface area contributed by atoms with E-state index >= 15 is 0 Å². The quantitative estimate of drug-likeness (QED) is 0.831. The van der Waals surface area contributed by atoms with E-state index in [9.17, 15) is 0 Å². The molecular formula is C17H26ClNO. The first-order chi connectivity index (χ1) is 9.61. The van der Waals surface area contributed by atoms with Gasteiger partial charge in [-0.25, -0.2) is 0 Å². The highest BCUT2D eigenvalue weighted by Crippen LogP contribution is 2.32. The van der Waals surface area contributed by atoms with E-state index in [0.717, 1.165) is 30.0 Å². The molecule has 1 N–H and O–H groups in total. The van der Waals surface area contributed by atoms with Gasteiger partial charge < -0.3 is 10.1 Å². The summed E-state index contributed by atoms with van der Waals surface area (Å²) >= 11 is 6.22. The third kappa shape index (κ3) is 4.47. The molecule has 0 radical (unpaired) electrons. The zero-order valence-electron chi connectivity index (χ0n) is 12.6. The maximum Gasteiger partial charge on any atom is 0.0810 e. The lowest BCUT2D eigenvalue weighted by atomic mass is 9.84. The zero-order valence-corrected chi connectivity index (χ0v) is 13.4. The van der Waals surface area contributed by atoms with E-state index in [1.165, 1.54) is 19.3 Å². The van der Waals surface area contributed by atoms with E-state index in [1.807, 2.05) is 18.2 Å². The lowest BCUT2D eigenvalue weighted by molar-refractivity contribution is -0.0794. The first-order valence-electron chi connectivity index (χ1n) is 7.72. The molecule has 1 aliphatic rings. The van der Waals surface area contributed by atoms with Gasteiger partial charge in [0.15, 0.2) is 0 Å². The van der Waals surface area contributed by atoms with E-state index in [0.29, 0.717) is 12.6 Å². The molecule has 0 bridgehead atoms. The van der Waals surface area contributed by atoms with Crippen molar-refractivity contribution in [3.8, 4) is 0 Å². The minimum Gasteiger partial charge on any atom is -0.369 e. The Morgan fingerprint density at radius 1 is 1.20 bits per heavy atom. The van der Waals surface area contributed by atoms with Crippen LogP contribution in [0.3, 0.4) is 0 Å². The molecule has 0 amide bonds.